The summed E-state index contributed by atoms with van der Waals surface area (Å²) in [5.74, 6) is -5.72. The van der Waals surface area contributed by atoms with Crippen molar-refractivity contribution in [3.05, 3.63) is 48.0 Å². The van der Waals surface area contributed by atoms with Gasteiger partial charge in [-0.2, -0.15) is 0 Å². The van der Waals surface area contributed by atoms with Crippen LogP contribution in [0.5, 0.6) is 0 Å². The molecular weight excluding hydrogens is 620 g/mol. The Hall–Kier alpha value is -1.93. The van der Waals surface area contributed by atoms with Gasteiger partial charge in [-0.25, -0.2) is 4.79 Å². The van der Waals surface area contributed by atoms with E-state index in [1.54, 1.807) is 24.3 Å². The van der Waals surface area contributed by atoms with Crippen molar-refractivity contribution in [2.75, 3.05) is 13.2 Å². The Morgan fingerprint density at radius 2 is 1.71 bits per heavy atom. The first kappa shape index (κ1) is 33.2. The van der Waals surface area contributed by atoms with E-state index in [4.69, 9.17) is 23.7 Å². The minimum Gasteiger partial charge on any atom is -0.462 e. The van der Waals surface area contributed by atoms with E-state index in [1.807, 2.05) is 19.9 Å². The molecule has 2 spiro atoms. The van der Waals surface area contributed by atoms with Gasteiger partial charge in [0.25, 0.3) is 0 Å². The van der Waals surface area contributed by atoms with Crippen LogP contribution in [0, 0.1) is 35.5 Å². The number of rotatable bonds is 5. The fourth-order valence-corrected chi connectivity index (χ4v) is 11.5. The number of aliphatic hydroxyl groups is 5. The van der Waals surface area contributed by atoms with Crippen LogP contribution in [0.25, 0.3) is 0 Å². The molecule has 0 radical (unpaired) electrons. The van der Waals surface area contributed by atoms with Gasteiger partial charge in [0.2, 0.25) is 0 Å². The normalized spacial score (nSPS) is 53.5. The summed E-state index contributed by atoms with van der Waals surface area (Å²) in [4.78, 5) is 13.5. The van der Waals surface area contributed by atoms with E-state index in [1.165, 1.54) is 0 Å². The van der Waals surface area contributed by atoms with Gasteiger partial charge in [-0.3, -0.25) is 0 Å². The second-order valence-corrected chi connectivity index (χ2v) is 16.0. The number of epoxide rings is 1. The molecule has 1 aromatic rings. The minimum atomic E-state index is -2.20. The number of benzene rings is 1. The fraction of sp³-hybridized carbons (Fsp3) is 0.757. The summed E-state index contributed by atoms with van der Waals surface area (Å²) in [5, 5.41) is 60.3. The van der Waals surface area contributed by atoms with Crippen LogP contribution in [-0.4, -0.2) is 104 Å². The molecule has 4 saturated heterocycles. The lowest BCUT2D eigenvalue weighted by Crippen LogP contribution is -2.75. The third kappa shape index (κ3) is 4.05. The molecule has 8 rings (SSSR count). The molecule has 0 amide bonds. The van der Waals surface area contributed by atoms with Crippen LogP contribution in [0.4, 0.5) is 0 Å². The van der Waals surface area contributed by atoms with Crippen LogP contribution >= 0.6 is 0 Å². The van der Waals surface area contributed by atoms with Gasteiger partial charge in [-0.15, -0.1) is 0 Å². The van der Waals surface area contributed by atoms with Crippen molar-refractivity contribution in [1.29, 1.82) is 0 Å². The lowest BCUT2D eigenvalue weighted by molar-refractivity contribution is -0.459. The minimum absolute atomic E-state index is 0.0108. The van der Waals surface area contributed by atoms with E-state index in [0.717, 1.165) is 32.1 Å². The van der Waals surface area contributed by atoms with E-state index in [9.17, 15) is 30.3 Å². The van der Waals surface area contributed by atoms with Crippen LogP contribution in [0.1, 0.15) is 76.1 Å². The van der Waals surface area contributed by atoms with E-state index in [2.05, 4.69) is 13.5 Å². The molecule has 0 unspecified atom stereocenters. The van der Waals surface area contributed by atoms with Gasteiger partial charge in [0.15, 0.2) is 0 Å². The predicted octanol–water partition coefficient (Wildman–Crippen LogP) is 2.46. The predicted molar refractivity (Wildman–Crippen MR) is 169 cm³/mol. The second-order valence-electron chi connectivity index (χ2n) is 16.0. The van der Waals surface area contributed by atoms with E-state index in [0.29, 0.717) is 17.6 Å². The average Bonchev–Trinajstić information content (AvgIpc) is 3.72. The van der Waals surface area contributed by atoms with Crippen molar-refractivity contribution in [2.24, 2.45) is 35.5 Å². The quantitative estimate of drug-likeness (QED) is 0.177. The van der Waals surface area contributed by atoms with Crippen molar-refractivity contribution >= 4 is 5.97 Å². The molecule has 3 bridgehead atoms. The van der Waals surface area contributed by atoms with Crippen molar-refractivity contribution in [3.8, 4) is 0 Å². The Kier molecular flexibility index (Phi) is 7.64. The summed E-state index contributed by atoms with van der Waals surface area (Å²) in [6.45, 7) is 9.44. The van der Waals surface area contributed by atoms with Gasteiger partial charge < -0.3 is 49.2 Å². The molecule has 0 aromatic heterocycles. The molecule has 16 atom stereocenters. The first-order valence-electron chi connectivity index (χ1n) is 17.9. The summed E-state index contributed by atoms with van der Waals surface area (Å²) in [6.07, 6.45) is -1.10. The van der Waals surface area contributed by atoms with E-state index < -0.39 is 95.1 Å². The van der Waals surface area contributed by atoms with E-state index in [-0.39, 0.29) is 24.9 Å². The molecule has 11 nitrogen and oxygen atoms in total. The monoisotopic (exact) mass is 670 g/mol. The number of ether oxygens (including phenoxy) is 5. The molecule has 4 aliphatic heterocycles. The summed E-state index contributed by atoms with van der Waals surface area (Å²) in [6, 6.07) is 8.68. The third-order valence-electron chi connectivity index (χ3n) is 13.7. The Balaban J connectivity index is 1.37. The lowest BCUT2D eigenvalue weighted by Gasteiger charge is -2.62. The van der Waals surface area contributed by atoms with Crippen molar-refractivity contribution in [1.82, 2.24) is 0 Å². The zero-order valence-corrected chi connectivity index (χ0v) is 28.0. The maximum absolute atomic E-state index is 13.5. The highest BCUT2D eigenvalue weighted by Gasteiger charge is 2.90. The summed E-state index contributed by atoms with van der Waals surface area (Å²) in [7, 11) is 0. The molecule has 11 heteroatoms. The molecule has 7 aliphatic rings. The number of carbonyl (C=O) groups is 1. The zero-order chi connectivity index (χ0) is 34.0. The molecular formula is C37H50O11. The third-order valence-corrected chi connectivity index (χ3v) is 13.7. The molecule has 4 heterocycles. The van der Waals surface area contributed by atoms with Crippen molar-refractivity contribution < 1.29 is 54.0 Å². The highest BCUT2D eigenvalue weighted by atomic mass is 16.9. The molecule has 264 valence electrons. The number of fused-ring (bicyclic) bond motifs is 1. The number of hydrogen-bond donors (Lipinski definition) is 5. The molecule has 7 fully saturated rings. The molecule has 3 aliphatic carbocycles. The van der Waals surface area contributed by atoms with Crippen molar-refractivity contribution in [3.63, 3.8) is 0 Å². The SMILES string of the molecule is C=C(C)[C@]12C[C@@H](COC(=O)c3ccccc3)[C@@]34O[C@@]5(O[C@@H]1[C@@H]3[C@@H]1O[C@]1(CO)[C@@H](O)[C@]1(O)[C@H]4[C@H]([C@H](C)[C@@H]1O)[C@H](C)CCCCCC[C@H]5O)O2. The zero-order valence-electron chi connectivity index (χ0n) is 28.0. The van der Waals surface area contributed by atoms with Gasteiger partial charge in [0, 0.05) is 17.8 Å². The fourth-order valence-electron chi connectivity index (χ4n) is 11.5. The van der Waals surface area contributed by atoms with Crippen LogP contribution in [0.15, 0.2) is 42.5 Å². The largest absolute Gasteiger partial charge is 0.462 e. The first-order valence-corrected chi connectivity index (χ1v) is 17.9. The maximum Gasteiger partial charge on any atom is 0.338 e. The molecule has 5 N–H and O–H groups in total. The second kappa shape index (κ2) is 11.0. The maximum atomic E-state index is 13.5. The van der Waals surface area contributed by atoms with Gasteiger partial charge in [0.1, 0.15) is 41.2 Å². The lowest BCUT2D eigenvalue weighted by atomic mass is 9.51. The van der Waals surface area contributed by atoms with Gasteiger partial charge in [-0.1, -0.05) is 70.7 Å². The van der Waals surface area contributed by atoms with Gasteiger partial charge >= 0.3 is 11.9 Å². The molecule has 1 aromatic carbocycles. The highest BCUT2D eigenvalue weighted by molar-refractivity contribution is 5.89. The van der Waals surface area contributed by atoms with Crippen LogP contribution in [-0.2, 0) is 23.7 Å². The Bertz CT molecular complexity index is 1460. The van der Waals surface area contributed by atoms with Crippen LogP contribution < -0.4 is 0 Å². The number of esters is 1. The van der Waals surface area contributed by atoms with E-state index >= 15 is 0 Å². The summed E-state index contributed by atoms with van der Waals surface area (Å²) >= 11 is 0. The highest BCUT2D eigenvalue weighted by Crippen LogP contribution is 2.75. The van der Waals surface area contributed by atoms with Crippen LogP contribution in [0.3, 0.4) is 0 Å². The first-order chi connectivity index (χ1) is 22.8. The topological polar surface area (TPSA) is 168 Å². The summed E-state index contributed by atoms with van der Waals surface area (Å²) < 4.78 is 33.4. The standard InChI is InChI=1S/C37H50O11/c1-19(2)33-16-23(17-44-31(41)22-13-9-7-10-14-22)36-26-29(33)46-37(47-33,48-36)24(39)15-11-6-5-8-12-20(3)25-21(4)28(40)35(43,27(25)36)32(42)34(18-38)30(26)45-34/h7,9-10,13-14,20-21,23-30,32,38-40,42-43H,1,5-6,8,11-12,15-18H2,2-4H3/t20-,21+,23+,24-,25+,26-,27-,28+,29-,30+,32-,33-,34+,35+,36-,37+/m1/s1. The summed E-state index contributed by atoms with van der Waals surface area (Å²) in [5.41, 5.74) is -5.51. The number of hydrogen-bond acceptors (Lipinski definition) is 11. The van der Waals surface area contributed by atoms with Crippen LogP contribution in [0.2, 0.25) is 0 Å². The molecule has 3 saturated carbocycles. The Labute approximate surface area is 281 Å². The van der Waals surface area contributed by atoms with Gasteiger partial charge in [0.05, 0.1) is 30.5 Å². The van der Waals surface area contributed by atoms with Crippen molar-refractivity contribution in [2.45, 2.75) is 125 Å². The smallest absolute Gasteiger partial charge is 0.338 e. The number of aliphatic hydroxyl groups excluding tert-OH is 4. The number of carbonyl (C=O) groups excluding carboxylic acids is 1. The molecule has 48 heavy (non-hydrogen) atoms. The Morgan fingerprint density at radius 3 is 2.40 bits per heavy atom. The van der Waals surface area contributed by atoms with Gasteiger partial charge in [-0.05, 0) is 55.2 Å². The Morgan fingerprint density at radius 1 is 1.00 bits per heavy atom. The average molecular weight is 671 g/mol.